The Bertz CT molecular complexity index is 1810. The molecule has 0 unspecified atom stereocenters. The minimum Gasteiger partial charge on any atom is -0.478 e. The van der Waals surface area contributed by atoms with Gasteiger partial charge < -0.3 is 25.1 Å². The molecule has 0 bridgehead atoms. The number of halogens is 1. The second-order valence-corrected chi connectivity index (χ2v) is 11.9. The first-order chi connectivity index (χ1) is 19.2. The average molecular weight is 576 g/mol. The predicted molar refractivity (Wildman–Crippen MR) is 159 cm³/mol. The van der Waals surface area contributed by atoms with Crippen molar-refractivity contribution in [2.75, 3.05) is 15.5 Å². The SMILES string of the molecule is Cc1ccc([C@H](Nc2c(Nc3ccc(Cl)c4c3C(=O)N(c3cc(C)c(C)cc3C(=O)O)C4)c(=O)c2=O)C(C)(C)C)o1. The van der Waals surface area contributed by atoms with E-state index in [9.17, 15) is 24.3 Å². The normalized spacial score (nSPS) is 13.9. The lowest BCUT2D eigenvalue weighted by molar-refractivity contribution is 0.0697. The monoisotopic (exact) mass is 575 g/mol. The first-order valence-electron chi connectivity index (χ1n) is 13.1. The fraction of sp³-hybridized carbons (Fsp3) is 0.290. The van der Waals surface area contributed by atoms with E-state index in [0.29, 0.717) is 22.1 Å². The zero-order valence-corrected chi connectivity index (χ0v) is 24.3. The van der Waals surface area contributed by atoms with E-state index in [1.807, 2.05) is 46.8 Å². The van der Waals surface area contributed by atoms with Gasteiger partial charge in [0.1, 0.15) is 22.9 Å². The van der Waals surface area contributed by atoms with Gasteiger partial charge in [0.2, 0.25) is 0 Å². The van der Waals surface area contributed by atoms with Gasteiger partial charge in [-0.25, -0.2) is 4.79 Å². The molecule has 4 aromatic rings. The van der Waals surface area contributed by atoms with Crippen LogP contribution in [0.1, 0.15) is 75.7 Å². The first kappa shape index (κ1) is 28.2. The molecular weight excluding hydrogens is 546 g/mol. The third-order valence-electron chi connectivity index (χ3n) is 7.53. The summed E-state index contributed by atoms with van der Waals surface area (Å²) in [5, 5.41) is 16.4. The summed E-state index contributed by atoms with van der Waals surface area (Å²) in [7, 11) is 0. The quantitative estimate of drug-likeness (QED) is 0.220. The van der Waals surface area contributed by atoms with Gasteiger partial charge in [0.15, 0.2) is 0 Å². The number of furan rings is 1. The molecule has 2 heterocycles. The van der Waals surface area contributed by atoms with E-state index < -0.39 is 28.8 Å². The number of anilines is 4. The molecule has 5 rings (SSSR count). The van der Waals surface area contributed by atoms with Crippen molar-refractivity contribution < 1.29 is 19.1 Å². The second kappa shape index (κ2) is 9.92. The Morgan fingerprint density at radius 1 is 1.00 bits per heavy atom. The van der Waals surface area contributed by atoms with Crippen LogP contribution in [0.4, 0.5) is 22.7 Å². The number of nitrogens with one attached hydrogen (secondary N) is 2. The van der Waals surface area contributed by atoms with Crippen molar-refractivity contribution in [3.8, 4) is 0 Å². The predicted octanol–water partition coefficient (Wildman–Crippen LogP) is 6.26. The number of carboxylic acids is 1. The van der Waals surface area contributed by atoms with Crippen LogP contribution in [0.2, 0.25) is 5.02 Å². The maximum absolute atomic E-state index is 13.8. The lowest BCUT2D eigenvalue weighted by atomic mass is 9.85. The zero-order chi connectivity index (χ0) is 30.0. The van der Waals surface area contributed by atoms with Crippen molar-refractivity contribution in [2.24, 2.45) is 5.41 Å². The highest BCUT2D eigenvalue weighted by Gasteiger charge is 2.37. The van der Waals surface area contributed by atoms with Gasteiger partial charge in [0, 0.05) is 10.6 Å². The van der Waals surface area contributed by atoms with Crippen LogP contribution in [-0.2, 0) is 6.54 Å². The van der Waals surface area contributed by atoms with Crippen molar-refractivity contribution in [1.29, 1.82) is 0 Å². The van der Waals surface area contributed by atoms with Gasteiger partial charge in [-0.2, -0.15) is 0 Å². The molecule has 1 aliphatic heterocycles. The van der Waals surface area contributed by atoms with E-state index in [1.54, 1.807) is 25.1 Å². The van der Waals surface area contributed by atoms with Gasteiger partial charge in [-0.3, -0.25) is 14.4 Å². The number of nitrogens with zero attached hydrogens (tertiary/aromatic N) is 1. The highest BCUT2D eigenvalue weighted by molar-refractivity contribution is 6.33. The molecule has 3 N–H and O–H groups in total. The summed E-state index contributed by atoms with van der Waals surface area (Å²) in [6.45, 7) is 11.5. The fourth-order valence-electron chi connectivity index (χ4n) is 5.13. The van der Waals surface area contributed by atoms with E-state index in [4.69, 9.17) is 16.0 Å². The number of hydrogen-bond donors (Lipinski definition) is 3. The average Bonchev–Trinajstić information content (AvgIpc) is 3.48. The third-order valence-corrected chi connectivity index (χ3v) is 7.89. The molecule has 212 valence electrons. The van der Waals surface area contributed by atoms with Crippen LogP contribution in [0.25, 0.3) is 0 Å². The smallest absolute Gasteiger partial charge is 0.337 e. The Morgan fingerprint density at radius 2 is 1.66 bits per heavy atom. The Balaban J connectivity index is 1.53. The largest absolute Gasteiger partial charge is 0.478 e. The number of aromatic carboxylic acids is 1. The number of amides is 1. The molecule has 9 nitrogen and oxygen atoms in total. The maximum Gasteiger partial charge on any atom is 0.337 e. The molecule has 1 aliphatic rings. The molecule has 0 spiro atoms. The Hall–Kier alpha value is -4.37. The topological polar surface area (TPSA) is 129 Å². The molecule has 3 aromatic carbocycles. The highest BCUT2D eigenvalue weighted by atomic mass is 35.5. The first-order valence-corrected chi connectivity index (χ1v) is 13.5. The number of carbonyl (C=O) groups is 2. The summed E-state index contributed by atoms with van der Waals surface area (Å²) in [6.07, 6.45) is 0. The van der Waals surface area contributed by atoms with Gasteiger partial charge >= 0.3 is 5.97 Å². The van der Waals surface area contributed by atoms with E-state index in [2.05, 4.69) is 10.6 Å². The van der Waals surface area contributed by atoms with E-state index in [0.717, 1.165) is 11.1 Å². The van der Waals surface area contributed by atoms with Crippen LogP contribution in [0.5, 0.6) is 0 Å². The van der Waals surface area contributed by atoms with E-state index in [1.165, 1.54) is 11.0 Å². The molecule has 1 aromatic heterocycles. The van der Waals surface area contributed by atoms with Crippen molar-refractivity contribution in [1.82, 2.24) is 0 Å². The molecule has 0 radical (unpaired) electrons. The van der Waals surface area contributed by atoms with Crippen molar-refractivity contribution in [2.45, 2.75) is 54.1 Å². The number of fused-ring (bicyclic) bond motifs is 1. The fourth-order valence-corrected chi connectivity index (χ4v) is 5.35. The van der Waals surface area contributed by atoms with Gasteiger partial charge in [-0.05, 0) is 73.7 Å². The summed E-state index contributed by atoms with van der Waals surface area (Å²) < 4.78 is 5.83. The van der Waals surface area contributed by atoms with E-state index in [-0.39, 0.29) is 45.8 Å². The minimum atomic E-state index is -1.16. The molecule has 10 heteroatoms. The van der Waals surface area contributed by atoms with E-state index >= 15 is 0 Å². The molecule has 0 saturated carbocycles. The summed E-state index contributed by atoms with van der Waals surface area (Å²) in [5.41, 5.74) is 1.20. The number of carbonyl (C=O) groups excluding carboxylic acids is 1. The second-order valence-electron chi connectivity index (χ2n) is 11.5. The lowest BCUT2D eigenvalue weighted by Crippen LogP contribution is -2.39. The molecular formula is C31H30ClN3O6. The van der Waals surface area contributed by atoms with Crippen molar-refractivity contribution in [3.63, 3.8) is 0 Å². The van der Waals surface area contributed by atoms with Crippen LogP contribution in [-0.4, -0.2) is 17.0 Å². The lowest BCUT2D eigenvalue weighted by Gasteiger charge is -2.31. The molecule has 1 amide bonds. The van der Waals surface area contributed by atoms with Gasteiger partial charge in [-0.15, -0.1) is 0 Å². The number of aryl methyl sites for hydroxylation is 3. The van der Waals surface area contributed by atoms with Gasteiger partial charge in [0.25, 0.3) is 16.8 Å². The van der Waals surface area contributed by atoms with Crippen LogP contribution < -0.4 is 26.4 Å². The Morgan fingerprint density at radius 3 is 2.27 bits per heavy atom. The molecule has 1 atom stereocenters. The minimum absolute atomic E-state index is 0.00441. The van der Waals surface area contributed by atoms with Crippen LogP contribution >= 0.6 is 11.6 Å². The van der Waals surface area contributed by atoms with Gasteiger partial charge in [-0.1, -0.05) is 32.4 Å². The summed E-state index contributed by atoms with van der Waals surface area (Å²) in [4.78, 5) is 52.7. The third kappa shape index (κ3) is 4.80. The zero-order valence-electron chi connectivity index (χ0n) is 23.6. The Kier molecular flexibility index (Phi) is 6.82. The van der Waals surface area contributed by atoms with Crippen LogP contribution in [0.3, 0.4) is 0 Å². The summed E-state index contributed by atoms with van der Waals surface area (Å²) in [5.74, 6) is -0.290. The number of carboxylic acid groups (broad SMARTS) is 1. The van der Waals surface area contributed by atoms with Crippen LogP contribution in [0.15, 0.2) is 50.4 Å². The number of benzene rings is 2. The number of hydrogen-bond acceptors (Lipinski definition) is 7. The van der Waals surface area contributed by atoms with Crippen molar-refractivity contribution >= 4 is 46.2 Å². The Labute approximate surface area is 241 Å². The summed E-state index contributed by atoms with van der Waals surface area (Å²) in [6, 6.07) is 9.61. The number of rotatable bonds is 7. The van der Waals surface area contributed by atoms with Crippen molar-refractivity contribution in [3.05, 3.63) is 101 Å². The molecule has 0 aliphatic carbocycles. The molecule has 41 heavy (non-hydrogen) atoms. The maximum atomic E-state index is 13.8. The molecule has 0 saturated heterocycles. The molecule has 0 fully saturated rings. The summed E-state index contributed by atoms with van der Waals surface area (Å²) >= 11 is 6.49. The van der Waals surface area contributed by atoms with Gasteiger partial charge in [0.05, 0.1) is 35.1 Å². The highest BCUT2D eigenvalue weighted by Crippen LogP contribution is 2.41. The van der Waals surface area contributed by atoms with Crippen LogP contribution in [0, 0.1) is 26.2 Å². The standard InChI is InChI=1S/C31H30ClN3O6/c1-14-11-17(30(39)40)21(12-15(14)2)35-13-18-19(32)8-9-20(23(18)29(35)38)33-24-25(27(37)26(24)36)34-28(31(4,5)6)22-10-7-16(3)41-22/h7-12,28,33-34H,13H2,1-6H3,(H,39,40)/t28-/m0/s1.